The summed E-state index contributed by atoms with van der Waals surface area (Å²) in [7, 11) is 0. The van der Waals surface area contributed by atoms with Crippen LogP contribution in [0.4, 0.5) is 9.39 Å². The van der Waals surface area contributed by atoms with Crippen molar-refractivity contribution in [1.82, 2.24) is 4.98 Å². The van der Waals surface area contributed by atoms with Crippen molar-refractivity contribution in [2.24, 2.45) is 0 Å². The Kier molecular flexibility index (Phi) is 4.66. The summed E-state index contributed by atoms with van der Waals surface area (Å²) in [4.78, 5) is 28.7. The van der Waals surface area contributed by atoms with Gasteiger partial charge >= 0.3 is 5.97 Å². The molecule has 0 aliphatic heterocycles. The highest BCUT2D eigenvalue weighted by Crippen LogP contribution is 2.36. The van der Waals surface area contributed by atoms with E-state index in [1.165, 1.54) is 17.4 Å². The highest BCUT2D eigenvalue weighted by molar-refractivity contribution is 7.20. The number of hydrogen-bond donors (Lipinski definition) is 2. The average Bonchev–Trinajstić information content (AvgIpc) is 3.28. The zero-order chi connectivity index (χ0) is 19.8. The molecule has 0 saturated heterocycles. The smallest absolute Gasteiger partial charge is 0.339 e. The van der Waals surface area contributed by atoms with Crippen molar-refractivity contribution in [3.8, 4) is 11.1 Å². The van der Waals surface area contributed by atoms with Crippen LogP contribution in [0.25, 0.3) is 21.3 Å². The van der Waals surface area contributed by atoms with Gasteiger partial charge in [0, 0.05) is 10.9 Å². The molecule has 0 fully saturated rings. The van der Waals surface area contributed by atoms with E-state index in [-0.39, 0.29) is 15.6 Å². The van der Waals surface area contributed by atoms with Gasteiger partial charge in [0.05, 0.1) is 10.2 Å². The molecule has 140 valence electrons. The third kappa shape index (κ3) is 3.28. The number of amides is 1. The van der Waals surface area contributed by atoms with Crippen molar-refractivity contribution >= 4 is 49.8 Å². The molecule has 4 rings (SSSR count). The summed E-state index contributed by atoms with van der Waals surface area (Å²) in [6.07, 6.45) is 0. The predicted molar refractivity (Wildman–Crippen MR) is 109 cm³/mol. The number of nitrogens with zero attached hydrogens (tertiary/aromatic N) is 1. The molecule has 2 N–H and O–H groups in total. The number of para-hydroxylation sites is 1. The van der Waals surface area contributed by atoms with Crippen molar-refractivity contribution in [2.45, 2.75) is 6.92 Å². The SMILES string of the molecule is Cc1ccc(-c2csc(NC(=O)c3nc4ccccc4s3)c2C(=O)O)cc1F. The van der Waals surface area contributed by atoms with Crippen molar-refractivity contribution in [3.63, 3.8) is 0 Å². The van der Waals surface area contributed by atoms with Crippen molar-refractivity contribution in [1.29, 1.82) is 0 Å². The van der Waals surface area contributed by atoms with Gasteiger partial charge in [-0.05, 0) is 36.2 Å². The highest BCUT2D eigenvalue weighted by atomic mass is 32.1. The number of aryl methyl sites for hydroxylation is 1. The molecule has 1 amide bonds. The van der Waals surface area contributed by atoms with Crippen molar-refractivity contribution < 1.29 is 19.1 Å². The van der Waals surface area contributed by atoms with Crippen molar-refractivity contribution in [3.05, 3.63) is 69.8 Å². The predicted octanol–water partition coefficient (Wildman–Crippen LogP) is 5.42. The molecule has 2 aromatic heterocycles. The molecular weight excluding hydrogens is 399 g/mol. The van der Waals surface area contributed by atoms with Gasteiger partial charge in [0.15, 0.2) is 5.01 Å². The standard InChI is InChI=1S/C20H13FN2O3S2/c1-10-6-7-11(8-13(10)21)12-9-27-18(16(12)20(25)26)23-17(24)19-22-14-4-2-3-5-15(14)28-19/h2-9H,1H3,(H,23,24)(H,25,26). The van der Waals surface area contributed by atoms with Crippen molar-refractivity contribution in [2.75, 3.05) is 5.32 Å². The van der Waals surface area contributed by atoms with E-state index in [1.54, 1.807) is 30.5 Å². The van der Waals surface area contributed by atoms with Crippen LogP contribution >= 0.6 is 22.7 Å². The number of anilines is 1. The molecule has 0 spiro atoms. The Morgan fingerprint density at radius 1 is 1.18 bits per heavy atom. The first kappa shape index (κ1) is 18.3. The number of aromatic nitrogens is 1. The van der Waals surface area contributed by atoms with Gasteiger partial charge in [0.2, 0.25) is 0 Å². The average molecular weight is 412 g/mol. The lowest BCUT2D eigenvalue weighted by Gasteiger charge is -2.06. The number of carbonyl (C=O) groups excluding carboxylic acids is 1. The summed E-state index contributed by atoms with van der Waals surface area (Å²) in [5.41, 5.74) is 1.91. The van der Waals surface area contributed by atoms with Gasteiger partial charge in [-0.15, -0.1) is 22.7 Å². The van der Waals surface area contributed by atoms with E-state index in [0.717, 1.165) is 16.0 Å². The molecule has 2 heterocycles. The van der Waals surface area contributed by atoms with E-state index in [0.29, 0.717) is 22.2 Å². The maximum Gasteiger partial charge on any atom is 0.339 e. The molecule has 28 heavy (non-hydrogen) atoms. The number of carboxylic acid groups (broad SMARTS) is 1. The number of thiazole rings is 1. The minimum atomic E-state index is -1.20. The van der Waals surface area contributed by atoms with E-state index in [1.807, 2.05) is 18.2 Å². The fourth-order valence-corrected chi connectivity index (χ4v) is 4.58. The van der Waals surface area contributed by atoms with Crippen LogP contribution in [0.1, 0.15) is 25.7 Å². The third-order valence-electron chi connectivity index (χ3n) is 4.20. The summed E-state index contributed by atoms with van der Waals surface area (Å²) in [6.45, 7) is 1.63. The Balaban J connectivity index is 1.69. The number of nitrogens with one attached hydrogen (secondary N) is 1. The second-order valence-corrected chi connectivity index (χ2v) is 7.97. The number of halogens is 1. The van der Waals surface area contributed by atoms with Crippen LogP contribution in [0.15, 0.2) is 47.8 Å². The molecule has 4 aromatic rings. The lowest BCUT2D eigenvalue weighted by Crippen LogP contribution is -2.13. The summed E-state index contributed by atoms with van der Waals surface area (Å²) < 4.78 is 14.8. The lowest BCUT2D eigenvalue weighted by atomic mass is 10.0. The van der Waals surface area contributed by atoms with E-state index < -0.39 is 17.7 Å². The fourth-order valence-electron chi connectivity index (χ4n) is 2.76. The summed E-state index contributed by atoms with van der Waals surface area (Å²) >= 11 is 2.31. The summed E-state index contributed by atoms with van der Waals surface area (Å²) in [6, 6.07) is 11.9. The maximum absolute atomic E-state index is 13.9. The molecule has 2 aromatic carbocycles. The number of thiophene rings is 1. The first-order valence-electron chi connectivity index (χ1n) is 8.22. The Hall–Kier alpha value is -3.10. The van der Waals surface area contributed by atoms with Crippen LogP contribution in [0.2, 0.25) is 0 Å². The number of carboxylic acids is 1. The quantitative estimate of drug-likeness (QED) is 0.469. The van der Waals surface area contributed by atoms with E-state index in [4.69, 9.17) is 0 Å². The van der Waals surface area contributed by atoms with Gasteiger partial charge < -0.3 is 10.4 Å². The number of benzene rings is 2. The number of carbonyl (C=O) groups is 2. The molecular formula is C20H13FN2O3S2. The number of fused-ring (bicyclic) bond motifs is 1. The van der Waals surface area contributed by atoms with Crippen LogP contribution < -0.4 is 5.32 Å². The summed E-state index contributed by atoms with van der Waals surface area (Å²) in [5, 5.41) is 14.3. The van der Waals surface area contributed by atoms with E-state index in [9.17, 15) is 19.1 Å². The number of rotatable bonds is 4. The largest absolute Gasteiger partial charge is 0.478 e. The third-order valence-corrected chi connectivity index (χ3v) is 6.13. The minimum absolute atomic E-state index is 0.0669. The molecule has 0 bridgehead atoms. The zero-order valence-corrected chi connectivity index (χ0v) is 16.2. The molecule has 0 aliphatic carbocycles. The topological polar surface area (TPSA) is 79.3 Å². The fraction of sp³-hybridized carbons (Fsp3) is 0.0500. The Labute approximate surface area is 167 Å². The Morgan fingerprint density at radius 3 is 2.68 bits per heavy atom. The molecule has 0 atom stereocenters. The van der Waals surface area contributed by atoms with Crippen LogP contribution in [-0.2, 0) is 0 Å². The van der Waals surface area contributed by atoms with Gasteiger partial charge in [0.25, 0.3) is 5.91 Å². The van der Waals surface area contributed by atoms with E-state index >= 15 is 0 Å². The monoisotopic (exact) mass is 412 g/mol. The molecule has 0 radical (unpaired) electrons. The lowest BCUT2D eigenvalue weighted by molar-refractivity contribution is 0.0699. The summed E-state index contributed by atoms with van der Waals surface area (Å²) in [5.74, 6) is -2.09. The molecule has 0 aliphatic rings. The van der Waals surface area contributed by atoms with Gasteiger partial charge in [-0.25, -0.2) is 14.2 Å². The van der Waals surface area contributed by atoms with Gasteiger partial charge in [-0.1, -0.05) is 24.3 Å². The first-order chi connectivity index (χ1) is 13.4. The number of aromatic carboxylic acids is 1. The molecule has 0 saturated carbocycles. The maximum atomic E-state index is 13.9. The molecule has 8 heteroatoms. The first-order valence-corrected chi connectivity index (χ1v) is 9.92. The second kappa shape index (κ2) is 7.14. The second-order valence-electron chi connectivity index (χ2n) is 6.06. The molecule has 5 nitrogen and oxygen atoms in total. The minimum Gasteiger partial charge on any atom is -0.478 e. The van der Waals surface area contributed by atoms with Crippen LogP contribution in [0, 0.1) is 12.7 Å². The molecule has 0 unspecified atom stereocenters. The van der Waals surface area contributed by atoms with Crippen LogP contribution in [-0.4, -0.2) is 22.0 Å². The van der Waals surface area contributed by atoms with E-state index in [2.05, 4.69) is 10.3 Å². The van der Waals surface area contributed by atoms with Crippen LogP contribution in [0.5, 0.6) is 0 Å². The van der Waals surface area contributed by atoms with Gasteiger partial charge in [-0.3, -0.25) is 4.79 Å². The number of hydrogen-bond acceptors (Lipinski definition) is 5. The Morgan fingerprint density at radius 2 is 1.96 bits per heavy atom. The van der Waals surface area contributed by atoms with Gasteiger partial charge in [-0.2, -0.15) is 0 Å². The normalized spacial score (nSPS) is 10.9. The highest BCUT2D eigenvalue weighted by Gasteiger charge is 2.23. The van der Waals surface area contributed by atoms with Gasteiger partial charge in [0.1, 0.15) is 16.4 Å². The Bertz CT molecular complexity index is 1200. The van der Waals surface area contributed by atoms with Crippen LogP contribution in [0.3, 0.4) is 0 Å². The zero-order valence-electron chi connectivity index (χ0n) is 14.5.